The molecule has 58 heavy (non-hydrogen) atoms. The van der Waals surface area contributed by atoms with Crippen LogP contribution in [0.3, 0.4) is 0 Å². The van der Waals surface area contributed by atoms with Crippen LogP contribution in [0.5, 0.6) is 0 Å². The molecule has 2 spiro atoms. The predicted octanol–water partition coefficient (Wildman–Crippen LogP) is 1.42. The van der Waals surface area contributed by atoms with Crippen molar-refractivity contribution >= 4 is 11.7 Å². The van der Waals surface area contributed by atoms with E-state index >= 15 is 0 Å². The number of aliphatic hydroxyl groups is 5. The number of hydrogen-bond donors (Lipinski definition) is 7. The van der Waals surface area contributed by atoms with Crippen molar-refractivity contribution < 1.29 is 49.3 Å². The van der Waals surface area contributed by atoms with E-state index in [1.165, 1.54) is 0 Å². The summed E-state index contributed by atoms with van der Waals surface area (Å²) in [4.78, 5) is 30.6. The van der Waals surface area contributed by atoms with E-state index in [1.54, 1.807) is 27.0 Å². The molecule has 18 unspecified atom stereocenters. The maximum Gasteiger partial charge on any atom is 0.240 e. The molecule has 13 heteroatoms. The lowest BCUT2D eigenvalue weighted by molar-refractivity contribution is -0.226. The maximum absolute atomic E-state index is 14.7. The lowest BCUT2D eigenvalue weighted by atomic mass is 9.34. The van der Waals surface area contributed by atoms with Crippen molar-refractivity contribution in [3.05, 3.63) is 11.6 Å². The van der Waals surface area contributed by atoms with Gasteiger partial charge in [-0.2, -0.15) is 0 Å². The number of hydrogen-bond acceptors (Lipinski definition) is 12. The molecule has 322 valence electrons. The lowest BCUT2D eigenvalue weighted by Gasteiger charge is -2.69. The fourth-order valence-electron chi connectivity index (χ4n) is 14.7. The second-order valence-electron chi connectivity index (χ2n) is 20.4. The largest absolute Gasteiger partial charge is 0.392 e. The number of amides is 1. The standard InChI is InChI=1S/C45H67N3O10/c1-25(49)22-46-23-30-29-19-32-40(53)48-24-27(48)9-6-13-44-26-8-5-12-43(21-26)34(42(3,54)38(51)36(30)58-37(29)39(52)47-32)11-15-45(43,55)35(44)20-33(50)31-18-28(10-14-41(31,44)2)57-17-7-16-56-4/h20,25-32,34,36-39,46-47,49,51-52,54-55H,5,7-12,14-19,21-24H2,1-4H3. The van der Waals surface area contributed by atoms with E-state index in [1.807, 2.05) is 4.90 Å². The van der Waals surface area contributed by atoms with Crippen LogP contribution in [0.2, 0.25) is 0 Å². The van der Waals surface area contributed by atoms with Crippen LogP contribution < -0.4 is 10.6 Å². The molecule has 10 aliphatic rings. The summed E-state index contributed by atoms with van der Waals surface area (Å²) in [6, 6.07) is -0.735. The first-order chi connectivity index (χ1) is 27.6. The second-order valence-corrected chi connectivity index (χ2v) is 20.4. The van der Waals surface area contributed by atoms with Gasteiger partial charge in [0.1, 0.15) is 18.4 Å². The van der Waals surface area contributed by atoms with Gasteiger partial charge in [0.2, 0.25) is 5.91 Å². The highest BCUT2D eigenvalue weighted by Gasteiger charge is 2.78. The maximum atomic E-state index is 14.7. The van der Waals surface area contributed by atoms with Gasteiger partial charge in [0.25, 0.3) is 0 Å². The minimum atomic E-state index is -1.73. The van der Waals surface area contributed by atoms with Gasteiger partial charge in [0, 0.05) is 63.6 Å². The zero-order valence-electron chi connectivity index (χ0n) is 34.8. The Morgan fingerprint density at radius 2 is 1.90 bits per heavy atom. The summed E-state index contributed by atoms with van der Waals surface area (Å²) in [5, 5.41) is 67.2. The summed E-state index contributed by atoms with van der Waals surface area (Å²) in [5.41, 5.74) is -4.64. The van der Waals surface area contributed by atoms with Crippen molar-refractivity contribution in [3.8, 4) is 11.8 Å². The molecule has 7 fully saturated rings. The van der Waals surface area contributed by atoms with Crippen molar-refractivity contribution in [1.82, 2.24) is 15.5 Å². The topological polar surface area (TPSA) is 190 Å². The Morgan fingerprint density at radius 1 is 1.09 bits per heavy atom. The molecule has 8 bridgehead atoms. The third-order valence-corrected chi connectivity index (χ3v) is 17.4. The molecule has 5 heterocycles. The monoisotopic (exact) mass is 809 g/mol. The smallest absolute Gasteiger partial charge is 0.240 e. The van der Waals surface area contributed by atoms with Crippen LogP contribution in [-0.4, -0.2) is 142 Å². The Bertz CT molecular complexity index is 1730. The summed E-state index contributed by atoms with van der Waals surface area (Å²) in [5.74, 6) is 5.84. The van der Waals surface area contributed by atoms with Gasteiger partial charge in [-0.1, -0.05) is 19.3 Å². The number of allylic oxidation sites excluding steroid dienone is 1. The van der Waals surface area contributed by atoms with Crippen LogP contribution >= 0.6 is 0 Å². The first-order valence-electron chi connectivity index (χ1n) is 22.4. The molecule has 1 amide bonds. The first kappa shape index (κ1) is 41.4. The summed E-state index contributed by atoms with van der Waals surface area (Å²) in [6.07, 6.45) is 4.41. The van der Waals surface area contributed by atoms with Gasteiger partial charge in [0.15, 0.2) is 5.78 Å². The van der Waals surface area contributed by atoms with E-state index in [2.05, 4.69) is 29.4 Å². The number of nitrogens with zero attached hydrogens (tertiary/aromatic N) is 1. The SMILES string of the molecule is COCCCOC1CCC2(C)C(C1)C(=O)C=C1C3(O)CCC4C(C)(O)C(O)C5OC6C(O)NC(CC6C5CNCC(C)O)C(=O)N5CC5CC#CC12C1CCCC43C1. The first-order valence-corrected chi connectivity index (χ1v) is 22.4. The van der Waals surface area contributed by atoms with Crippen LogP contribution in [0.25, 0.3) is 0 Å². The lowest BCUT2D eigenvalue weighted by Crippen LogP contribution is -2.70. The van der Waals surface area contributed by atoms with Gasteiger partial charge in [-0.05, 0) is 113 Å². The zero-order valence-corrected chi connectivity index (χ0v) is 34.8. The number of nitrogens with one attached hydrogen (secondary N) is 2. The number of carbonyl (C=O) groups excluding carboxylic acids is 2. The van der Waals surface area contributed by atoms with E-state index in [0.29, 0.717) is 83.4 Å². The molecule has 0 aromatic carbocycles. The van der Waals surface area contributed by atoms with Crippen LogP contribution in [0, 0.1) is 57.7 Å². The third kappa shape index (κ3) is 6.01. The molecule has 7 N–H and O–H groups in total. The fourth-order valence-corrected chi connectivity index (χ4v) is 14.7. The zero-order chi connectivity index (χ0) is 41.0. The predicted molar refractivity (Wildman–Crippen MR) is 212 cm³/mol. The Kier molecular flexibility index (Phi) is 10.6. The van der Waals surface area contributed by atoms with E-state index in [-0.39, 0.29) is 41.6 Å². The Morgan fingerprint density at radius 3 is 2.67 bits per heavy atom. The quantitative estimate of drug-likeness (QED) is 0.101. The average Bonchev–Trinajstić information content (AvgIpc) is 3.78. The van der Waals surface area contributed by atoms with E-state index in [4.69, 9.17) is 14.2 Å². The molecule has 5 aliphatic carbocycles. The molecular weight excluding hydrogens is 743 g/mol. The van der Waals surface area contributed by atoms with Crippen molar-refractivity contribution in [3.63, 3.8) is 0 Å². The Labute approximate surface area is 343 Å². The molecule has 13 nitrogen and oxygen atoms in total. The number of piperidine rings is 1. The van der Waals surface area contributed by atoms with Gasteiger partial charge in [-0.3, -0.25) is 14.9 Å². The molecule has 0 radical (unpaired) electrons. The molecular formula is C45H67N3O10. The minimum Gasteiger partial charge on any atom is -0.392 e. The fraction of sp³-hybridized carbons (Fsp3) is 0.867. The van der Waals surface area contributed by atoms with Crippen LogP contribution in [0.4, 0.5) is 0 Å². The summed E-state index contributed by atoms with van der Waals surface area (Å²) in [7, 11) is 1.68. The number of methoxy groups -OCH3 is 1. The Hall–Kier alpha value is -1.96. The molecule has 0 aromatic heterocycles. The van der Waals surface area contributed by atoms with Crippen LogP contribution in [0.1, 0.15) is 97.8 Å². The van der Waals surface area contributed by atoms with Gasteiger partial charge >= 0.3 is 0 Å². The second kappa shape index (κ2) is 14.8. The highest BCUT2D eigenvalue weighted by molar-refractivity contribution is 5.96. The average molecular weight is 810 g/mol. The van der Waals surface area contributed by atoms with Gasteiger partial charge in [-0.15, -0.1) is 5.92 Å². The van der Waals surface area contributed by atoms with Crippen molar-refractivity contribution in [2.45, 2.75) is 158 Å². The number of aliphatic hydroxyl groups excluding tert-OH is 3. The number of carbonyl (C=O) groups is 2. The van der Waals surface area contributed by atoms with Crippen molar-refractivity contribution in [2.75, 3.05) is 40.0 Å². The normalized spacial score (nSPS) is 50.8. The van der Waals surface area contributed by atoms with E-state index in [9.17, 15) is 35.1 Å². The molecule has 0 aromatic rings. The Balaban J connectivity index is 1.15. The molecule has 5 aliphatic heterocycles. The third-order valence-electron chi connectivity index (χ3n) is 17.4. The number of ketones is 1. The van der Waals surface area contributed by atoms with Crippen molar-refractivity contribution in [1.29, 1.82) is 0 Å². The van der Waals surface area contributed by atoms with Gasteiger partial charge in [0.05, 0.1) is 47.0 Å². The van der Waals surface area contributed by atoms with E-state index < -0.39 is 76.0 Å². The number of ether oxygens (including phenoxy) is 3. The summed E-state index contributed by atoms with van der Waals surface area (Å²) < 4.78 is 18.2. The summed E-state index contributed by atoms with van der Waals surface area (Å²) in [6.45, 7) is 8.01. The van der Waals surface area contributed by atoms with Crippen molar-refractivity contribution in [2.24, 2.45) is 45.8 Å². The number of rotatable bonds is 9. The molecule has 4 saturated carbocycles. The minimum absolute atomic E-state index is 0.00383. The van der Waals surface area contributed by atoms with Crippen LogP contribution in [-0.2, 0) is 23.8 Å². The van der Waals surface area contributed by atoms with E-state index in [0.717, 1.165) is 32.1 Å². The highest BCUT2D eigenvalue weighted by Crippen LogP contribution is 2.77. The van der Waals surface area contributed by atoms with Gasteiger partial charge < -0.3 is 50.0 Å². The highest BCUT2D eigenvalue weighted by atomic mass is 16.5. The molecule has 18 atom stereocenters. The van der Waals surface area contributed by atoms with Gasteiger partial charge in [-0.25, -0.2) is 0 Å². The van der Waals surface area contributed by atoms with Crippen LogP contribution in [0.15, 0.2) is 11.6 Å². The summed E-state index contributed by atoms with van der Waals surface area (Å²) >= 11 is 0. The molecule has 10 rings (SSSR count). The molecule has 3 saturated heterocycles. The number of fused-ring (bicyclic) bond motifs is 3.